The normalized spacial score (nSPS) is 15.1. The van der Waals surface area contributed by atoms with E-state index in [-0.39, 0.29) is 0 Å². The summed E-state index contributed by atoms with van der Waals surface area (Å²) in [7, 11) is 0. The third-order valence-corrected chi connectivity index (χ3v) is 2.78. The minimum atomic E-state index is -0.908. The first kappa shape index (κ1) is 14.6. The highest BCUT2D eigenvalue weighted by Gasteiger charge is 2.21. The summed E-state index contributed by atoms with van der Waals surface area (Å²) in [6.07, 6.45) is 2.35. The summed E-state index contributed by atoms with van der Waals surface area (Å²) in [5.74, 6) is -0.712. The van der Waals surface area contributed by atoms with E-state index in [9.17, 15) is 8.78 Å². The van der Waals surface area contributed by atoms with Crippen LogP contribution in [0.5, 0.6) is 5.75 Å². The number of ether oxygens (including phenoxy) is 1. The fourth-order valence-electron chi connectivity index (χ4n) is 1.63. The van der Waals surface area contributed by atoms with E-state index >= 15 is 0 Å². The summed E-state index contributed by atoms with van der Waals surface area (Å²) in [5.41, 5.74) is 0. The monoisotopic (exact) mass is 283 g/mol. The van der Waals surface area contributed by atoms with Crippen LogP contribution in [0.4, 0.5) is 8.78 Å². The van der Waals surface area contributed by atoms with Crippen molar-refractivity contribution in [3.05, 3.63) is 29.8 Å². The second kappa shape index (κ2) is 7.07. The van der Waals surface area contributed by atoms with Crippen LogP contribution in [0.1, 0.15) is 19.8 Å². The van der Waals surface area contributed by atoms with Crippen molar-refractivity contribution >= 4 is 5.96 Å². The van der Waals surface area contributed by atoms with E-state index in [0.717, 1.165) is 24.6 Å². The number of aliphatic imine (C=N–C) groups is 1. The van der Waals surface area contributed by atoms with Gasteiger partial charge in [0.2, 0.25) is 0 Å². The van der Waals surface area contributed by atoms with E-state index in [2.05, 4.69) is 15.6 Å². The average Bonchev–Trinajstić information content (AvgIpc) is 3.23. The minimum absolute atomic E-state index is 0.305. The van der Waals surface area contributed by atoms with Crippen LogP contribution in [0.15, 0.2) is 23.2 Å². The number of guanidine groups is 1. The molecule has 0 radical (unpaired) electrons. The first-order valence-electron chi connectivity index (χ1n) is 6.81. The summed E-state index contributed by atoms with van der Waals surface area (Å²) in [5, 5.41) is 6.42. The second-order valence-electron chi connectivity index (χ2n) is 4.60. The molecule has 0 amide bonds. The molecule has 0 unspecified atom stereocenters. The lowest BCUT2D eigenvalue weighted by Crippen LogP contribution is -2.38. The van der Waals surface area contributed by atoms with Gasteiger partial charge in [-0.1, -0.05) is 0 Å². The van der Waals surface area contributed by atoms with Gasteiger partial charge in [0, 0.05) is 18.7 Å². The first-order chi connectivity index (χ1) is 9.69. The van der Waals surface area contributed by atoms with Gasteiger partial charge in [-0.05, 0) is 31.9 Å². The molecule has 1 aromatic carbocycles. The Morgan fingerprint density at radius 2 is 2.15 bits per heavy atom. The maximum absolute atomic E-state index is 13.0. The maximum atomic E-state index is 13.0. The van der Waals surface area contributed by atoms with Gasteiger partial charge in [0.1, 0.15) is 12.4 Å². The largest absolute Gasteiger partial charge is 0.492 e. The number of rotatable bonds is 6. The highest BCUT2D eigenvalue weighted by Crippen LogP contribution is 2.18. The fraction of sp³-hybridized carbons (Fsp3) is 0.500. The third kappa shape index (κ3) is 4.68. The average molecular weight is 283 g/mol. The summed E-state index contributed by atoms with van der Waals surface area (Å²) in [6, 6.07) is 4.01. The van der Waals surface area contributed by atoms with E-state index in [1.165, 1.54) is 18.9 Å². The highest BCUT2D eigenvalue weighted by atomic mass is 19.2. The van der Waals surface area contributed by atoms with Crippen molar-refractivity contribution in [3.63, 3.8) is 0 Å². The number of hydrogen-bond donors (Lipinski definition) is 2. The van der Waals surface area contributed by atoms with Crippen molar-refractivity contribution < 1.29 is 13.5 Å². The molecule has 0 aromatic heterocycles. The molecule has 1 aliphatic carbocycles. The molecule has 1 saturated carbocycles. The van der Waals surface area contributed by atoms with Gasteiger partial charge in [0.05, 0.1) is 6.54 Å². The standard InChI is InChI=1S/C14H19F2N3O/c1-2-17-14(19-10-3-4-10)18-7-8-20-11-5-6-12(15)13(16)9-11/h5-6,9-10H,2-4,7-8H2,1H3,(H2,17,18,19). The Balaban J connectivity index is 1.76. The van der Waals surface area contributed by atoms with Crippen molar-refractivity contribution in [2.45, 2.75) is 25.8 Å². The number of halogens is 2. The topological polar surface area (TPSA) is 45.7 Å². The summed E-state index contributed by atoms with van der Waals surface area (Å²) >= 11 is 0. The lowest BCUT2D eigenvalue weighted by Gasteiger charge is -2.10. The zero-order valence-electron chi connectivity index (χ0n) is 11.5. The van der Waals surface area contributed by atoms with Crippen molar-refractivity contribution in [2.75, 3.05) is 19.7 Å². The van der Waals surface area contributed by atoms with Gasteiger partial charge in [-0.2, -0.15) is 0 Å². The molecule has 0 saturated heterocycles. The molecule has 1 fully saturated rings. The van der Waals surface area contributed by atoms with Crippen molar-refractivity contribution in [2.24, 2.45) is 4.99 Å². The summed E-state index contributed by atoms with van der Waals surface area (Å²) in [6.45, 7) is 3.55. The second-order valence-corrected chi connectivity index (χ2v) is 4.60. The summed E-state index contributed by atoms with van der Waals surface area (Å²) in [4.78, 5) is 4.35. The Bertz CT molecular complexity index is 475. The SMILES string of the molecule is CCNC(=NCCOc1ccc(F)c(F)c1)NC1CC1. The molecule has 0 aliphatic heterocycles. The van der Waals surface area contributed by atoms with Crippen LogP contribution in [0.3, 0.4) is 0 Å². The van der Waals surface area contributed by atoms with Gasteiger partial charge in [-0.15, -0.1) is 0 Å². The van der Waals surface area contributed by atoms with Crippen LogP contribution in [0, 0.1) is 11.6 Å². The van der Waals surface area contributed by atoms with Crippen molar-refractivity contribution in [3.8, 4) is 5.75 Å². The Kier molecular flexibility index (Phi) is 5.15. The molecule has 20 heavy (non-hydrogen) atoms. The molecule has 0 atom stereocenters. The lowest BCUT2D eigenvalue weighted by molar-refractivity contribution is 0.325. The van der Waals surface area contributed by atoms with E-state index in [1.54, 1.807) is 0 Å². The molecular formula is C14H19F2N3O. The number of hydrogen-bond acceptors (Lipinski definition) is 2. The molecule has 1 aliphatic rings. The molecular weight excluding hydrogens is 264 g/mol. The zero-order valence-corrected chi connectivity index (χ0v) is 11.5. The van der Waals surface area contributed by atoms with Crippen LogP contribution in [-0.4, -0.2) is 31.7 Å². The Labute approximate surface area is 117 Å². The third-order valence-electron chi connectivity index (χ3n) is 2.78. The smallest absolute Gasteiger partial charge is 0.191 e. The van der Waals surface area contributed by atoms with Gasteiger partial charge in [-0.3, -0.25) is 0 Å². The lowest BCUT2D eigenvalue weighted by atomic mass is 10.3. The van der Waals surface area contributed by atoms with Crippen LogP contribution < -0.4 is 15.4 Å². The summed E-state index contributed by atoms with van der Waals surface area (Å²) < 4.78 is 31.0. The van der Waals surface area contributed by atoms with Gasteiger partial charge in [0.15, 0.2) is 17.6 Å². The van der Waals surface area contributed by atoms with Gasteiger partial charge in [-0.25, -0.2) is 13.8 Å². The number of nitrogens with zero attached hydrogens (tertiary/aromatic N) is 1. The van der Waals surface area contributed by atoms with E-state index in [0.29, 0.717) is 24.9 Å². The van der Waals surface area contributed by atoms with Crippen molar-refractivity contribution in [1.82, 2.24) is 10.6 Å². The van der Waals surface area contributed by atoms with Crippen LogP contribution >= 0.6 is 0 Å². The Hall–Kier alpha value is -1.85. The number of nitrogens with one attached hydrogen (secondary N) is 2. The Morgan fingerprint density at radius 3 is 2.80 bits per heavy atom. The maximum Gasteiger partial charge on any atom is 0.191 e. The Morgan fingerprint density at radius 1 is 1.35 bits per heavy atom. The molecule has 110 valence electrons. The van der Waals surface area contributed by atoms with Crippen LogP contribution in [0.25, 0.3) is 0 Å². The van der Waals surface area contributed by atoms with Crippen molar-refractivity contribution in [1.29, 1.82) is 0 Å². The molecule has 0 bridgehead atoms. The predicted octanol–water partition coefficient (Wildman–Crippen LogP) is 2.06. The molecule has 1 aromatic rings. The first-order valence-corrected chi connectivity index (χ1v) is 6.81. The van der Waals surface area contributed by atoms with Crippen LogP contribution in [-0.2, 0) is 0 Å². The molecule has 0 heterocycles. The minimum Gasteiger partial charge on any atom is -0.492 e. The van der Waals surface area contributed by atoms with E-state index < -0.39 is 11.6 Å². The zero-order chi connectivity index (χ0) is 14.4. The van der Waals surface area contributed by atoms with Gasteiger partial charge >= 0.3 is 0 Å². The van der Waals surface area contributed by atoms with Crippen LogP contribution in [0.2, 0.25) is 0 Å². The molecule has 2 N–H and O–H groups in total. The predicted molar refractivity (Wildman–Crippen MR) is 74.0 cm³/mol. The van der Waals surface area contributed by atoms with Gasteiger partial charge in [0.25, 0.3) is 0 Å². The molecule has 6 heteroatoms. The molecule has 0 spiro atoms. The molecule has 2 rings (SSSR count). The molecule has 4 nitrogen and oxygen atoms in total. The quantitative estimate of drug-likeness (QED) is 0.477. The van der Waals surface area contributed by atoms with E-state index in [4.69, 9.17) is 4.74 Å². The fourth-order valence-corrected chi connectivity index (χ4v) is 1.63. The van der Waals surface area contributed by atoms with E-state index in [1.807, 2.05) is 6.92 Å². The van der Waals surface area contributed by atoms with Gasteiger partial charge < -0.3 is 15.4 Å². The number of benzene rings is 1. The highest BCUT2D eigenvalue weighted by molar-refractivity contribution is 5.80.